The van der Waals surface area contributed by atoms with Crippen LogP contribution < -0.4 is 10.3 Å². The van der Waals surface area contributed by atoms with Crippen molar-refractivity contribution < 1.29 is 4.74 Å². The molecule has 2 aromatic carbocycles. The highest BCUT2D eigenvalue weighted by Gasteiger charge is 2.10. The number of benzene rings is 2. The third kappa shape index (κ3) is 2.75. The number of aromatic nitrogens is 2. The maximum Gasteiger partial charge on any atom is 0.258 e. The van der Waals surface area contributed by atoms with Gasteiger partial charge in [0.2, 0.25) is 0 Å². The van der Waals surface area contributed by atoms with E-state index in [1.165, 1.54) is 0 Å². The monoisotopic (exact) mass is 342 g/mol. The fraction of sp³-hybridized carbons (Fsp3) is 0.0909. The van der Waals surface area contributed by atoms with Gasteiger partial charge in [-0.1, -0.05) is 30.3 Å². The van der Waals surface area contributed by atoms with Crippen molar-refractivity contribution in [1.29, 1.82) is 0 Å². The number of fused-ring (bicyclic) bond motifs is 1. The van der Waals surface area contributed by atoms with E-state index in [1.807, 2.05) is 72.9 Å². The van der Waals surface area contributed by atoms with Crippen LogP contribution in [0.2, 0.25) is 0 Å². The van der Waals surface area contributed by atoms with Crippen LogP contribution in [-0.4, -0.2) is 16.7 Å². The molecule has 0 amide bonds. The van der Waals surface area contributed by atoms with Crippen molar-refractivity contribution in [2.24, 2.45) is 7.05 Å². The van der Waals surface area contributed by atoms with Gasteiger partial charge in [-0.15, -0.1) is 0 Å². The minimum absolute atomic E-state index is 0.0180. The Kier molecular flexibility index (Phi) is 4.01. The second-order valence-electron chi connectivity index (χ2n) is 6.15. The second-order valence-corrected chi connectivity index (χ2v) is 6.15. The first kappa shape index (κ1) is 16.1. The van der Waals surface area contributed by atoms with E-state index in [-0.39, 0.29) is 5.56 Å². The summed E-state index contributed by atoms with van der Waals surface area (Å²) in [6.07, 6.45) is 1.82. The molecular formula is C22H18N2O2. The standard InChI is InChI=1S/C22H18N2O2/c1-24-21-13-20(16-8-10-18(26-2)11-9-16)23-14-17(21)12-19(22(24)25)15-6-4-3-5-7-15/h3-14H,1-2H3. The fourth-order valence-corrected chi connectivity index (χ4v) is 3.11. The molecule has 4 aromatic rings. The molecule has 0 spiro atoms. The Morgan fingerprint density at radius 2 is 1.65 bits per heavy atom. The molecule has 2 heterocycles. The number of rotatable bonds is 3. The Morgan fingerprint density at radius 1 is 0.923 bits per heavy atom. The van der Waals surface area contributed by atoms with E-state index in [0.29, 0.717) is 5.56 Å². The molecule has 0 N–H and O–H groups in total. The zero-order valence-corrected chi connectivity index (χ0v) is 14.6. The van der Waals surface area contributed by atoms with Crippen molar-refractivity contribution in [2.75, 3.05) is 7.11 Å². The van der Waals surface area contributed by atoms with E-state index in [4.69, 9.17) is 4.74 Å². The first-order chi connectivity index (χ1) is 12.7. The highest BCUT2D eigenvalue weighted by atomic mass is 16.5. The van der Waals surface area contributed by atoms with Gasteiger partial charge in [-0.2, -0.15) is 0 Å². The molecule has 0 bridgehead atoms. The number of aryl methyl sites for hydroxylation is 1. The summed E-state index contributed by atoms with van der Waals surface area (Å²) in [6, 6.07) is 21.3. The van der Waals surface area contributed by atoms with Gasteiger partial charge in [0.1, 0.15) is 5.75 Å². The summed E-state index contributed by atoms with van der Waals surface area (Å²) in [7, 11) is 3.44. The lowest BCUT2D eigenvalue weighted by molar-refractivity contribution is 0.415. The Labute approximate surface area is 151 Å². The Bertz CT molecular complexity index is 1130. The van der Waals surface area contributed by atoms with Gasteiger partial charge < -0.3 is 9.30 Å². The molecule has 4 heteroatoms. The number of methoxy groups -OCH3 is 1. The van der Waals surface area contributed by atoms with E-state index in [9.17, 15) is 4.79 Å². The lowest BCUT2D eigenvalue weighted by Crippen LogP contribution is -2.19. The average Bonchev–Trinajstić information content (AvgIpc) is 2.71. The molecular weight excluding hydrogens is 324 g/mol. The Morgan fingerprint density at radius 3 is 2.35 bits per heavy atom. The molecule has 0 aliphatic heterocycles. The molecule has 0 atom stereocenters. The lowest BCUT2D eigenvalue weighted by atomic mass is 10.0. The summed E-state index contributed by atoms with van der Waals surface area (Å²) < 4.78 is 6.89. The van der Waals surface area contributed by atoms with Gasteiger partial charge in [-0.25, -0.2) is 0 Å². The predicted molar refractivity (Wildman–Crippen MR) is 104 cm³/mol. The number of hydrogen-bond acceptors (Lipinski definition) is 3. The predicted octanol–water partition coefficient (Wildman–Crippen LogP) is 4.28. The van der Waals surface area contributed by atoms with Crippen LogP contribution in [0, 0.1) is 0 Å². The smallest absolute Gasteiger partial charge is 0.258 e. The van der Waals surface area contributed by atoms with Gasteiger partial charge >= 0.3 is 0 Å². The van der Waals surface area contributed by atoms with Gasteiger partial charge in [0.25, 0.3) is 5.56 Å². The van der Waals surface area contributed by atoms with Crippen LogP contribution in [0.5, 0.6) is 5.75 Å². The van der Waals surface area contributed by atoms with Gasteiger partial charge in [-0.05, 0) is 42.0 Å². The summed E-state index contributed by atoms with van der Waals surface area (Å²) in [5.41, 5.74) is 4.23. The molecule has 0 aliphatic rings. The first-order valence-corrected chi connectivity index (χ1v) is 8.37. The minimum Gasteiger partial charge on any atom is -0.497 e. The third-order valence-corrected chi connectivity index (χ3v) is 4.58. The van der Waals surface area contributed by atoms with Crippen molar-refractivity contribution in [3.05, 3.63) is 83.3 Å². The average molecular weight is 342 g/mol. The fourth-order valence-electron chi connectivity index (χ4n) is 3.11. The largest absolute Gasteiger partial charge is 0.497 e. The topological polar surface area (TPSA) is 44.1 Å². The Balaban J connectivity index is 1.87. The van der Waals surface area contributed by atoms with Crippen molar-refractivity contribution >= 4 is 10.9 Å². The van der Waals surface area contributed by atoms with Crippen molar-refractivity contribution in [3.63, 3.8) is 0 Å². The first-order valence-electron chi connectivity index (χ1n) is 8.37. The van der Waals surface area contributed by atoms with Gasteiger partial charge in [0.05, 0.1) is 18.3 Å². The van der Waals surface area contributed by atoms with E-state index in [2.05, 4.69) is 4.98 Å². The molecule has 2 aromatic heterocycles. The van der Waals surface area contributed by atoms with Crippen LogP contribution in [0.3, 0.4) is 0 Å². The van der Waals surface area contributed by atoms with E-state index >= 15 is 0 Å². The van der Waals surface area contributed by atoms with Gasteiger partial charge in [0, 0.05) is 29.8 Å². The van der Waals surface area contributed by atoms with Crippen LogP contribution >= 0.6 is 0 Å². The second kappa shape index (κ2) is 6.48. The highest BCUT2D eigenvalue weighted by Crippen LogP contribution is 2.25. The van der Waals surface area contributed by atoms with Crippen LogP contribution in [0.1, 0.15) is 0 Å². The summed E-state index contributed by atoms with van der Waals surface area (Å²) in [5, 5.41) is 0.934. The lowest BCUT2D eigenvalue weighted by Gasteiger charge is -2.10. The molecule has 128 valence electrons. The highest BCUT2D eigenvalue weighted by molar-refractivity contribution is 5.86. The minimum atomic E-state index is -0.0180. The molecule has 26 heavy (non-hydrogen) atoms. The van der Waals surface area contributed by atoms with Crippen LogP contribution in [0.25, 0.3) is 33.3 Å². The summed E-state index contributed by atoms with van der Waals surface area (Å²) in [6.45, 7) is 0. The number of nitrogens with zero attached hydrogens (tertiary/aromatic N) is 2. The molecule has 0 radical (unpaired) electrons. The van der Waals surface area contributed by atoms with Crippen molar-refractivity contribution in [2.45, 2.75) is 0 Å². The molecule has 4 nitrogen and oxygen atoms in total. The van der Waals surface area contributed by atoms with Gasteiger partial charge in [-0.3, -0.25) is 9.78 Å². The SMILES string of the molecule is COc1ccc(-c2cc3c(cn2)cc(-c2ccccc2)c(=O)n3C)cc1. The van der Waals surface area contributed by atoms with E-state index < -0.39 is 0 Å². The third-order valence-electron chi connectivity index (χ3n) is 4.58. The Hall–Kier alpha value is -3.40. The van der Waals surface area contributed by atoms with Crippen LogP contribution in [0.15, 0.2) is 77.7 Å². The number of hydrogen-bond donors (Lipinski definition) is 0. The van der Waals surface area contributed by atoms with E-state index in [1.54, 1.807) is 18.7 Å². The van der Waals surface area contributed by atoms with Crippen LogP contribution in [0.4, 0.5) is 0 Å². The molecule has 0 unspecified atom stereocenters. The number of ether oxygens (including phenoxy) is 1. The molecule has 0 saturated heterocycles. The van der Waals surface area contributed by atoms with Crippen LogP contribution in [-0.2, 0) is 7.05 Å². The van der Waals surface area contributed by atoms with E-state index in [0.717, 1.165) is 33.5 Å². The molecule has 0 saturated carbocycles. The van der Waals surface area contributed by atoms with Gasteiger partial charge in [0.15, 0.2) is 0 Å². The maximum atomic E-state index is 12.8. The molecule has 0 aliphatic carbocycles. The molecule has 4 rings (SSSR count). The summed E-state index contributed by atoms with van der Waals surface area (Å²) in [4.78, 5) is 17.4. The quantitative estimate of drug-likeness (QED) is 0.558. The van der Waals surface area contributed by atoms with Crippen molar-refractivity contribution in [1.82, 2.24) is 9.55 Å². The zero-order valence-electron chi connectivity index (χ0n) is 14.6. The maximum absolute atomic E-state index is 12.8. The normalized spacial score (nSPS) is 10.8. The van der Waals surface area contributed by atoms with Crippen molar-refractivity contribution in [3.8, 4) is 28.1 Å². The zero-order chi connectivity index (χ0) is 18.1. The molecule has 0 fully saturated rings. The number of pyridine rings is 2. The summed E-state index contributed by atoms with van der Waals surface area (Å²) in [5.74, 6) is 0.800. The summed E-state index contributed by atoms with van der Waals surface area (Å²) >= 11 is 0.